The van der Waals surface area contributed by atoms with E-state index in [1.165, 1.54) is 5.48 Å². The number of nitrogens with two attached hydrogens (primary N) is 1. The van der Waals surface area contributed by atoms with Gasteiger partial charge < -0.3 is 11.1 Å². The van der Waals surface area contributed by atoms with Gasteiger partial charge in [-0.1, -0.05) is 18.2 Å². The van der Waals surface area contributed by atoms with E-state index in [1.807, 2.05) is 18.2 Å². The second-order valence-corrected chi connectivity index (χ2v) is 5.08. The molecule has 2 rings (SSSR count). The van der Waals surface area contributed by atoms with E-state index in [0.717, 1.165) is 11.3 Å². The molecule has 1 heterocycles. The normalized spacial score (nSPS) is 13.0. The molecule has 7 nitrogen and oxygen atoms in total. The molecule has 0 saturated heterocycles. The third-order valence-electron chi connectivity index (χ3n) is 3.31. The summed E-state index contributed by atoms with van der Waals surface area (Å²) < 4.78 is 0. The Morgan fingerprint density at radius 3 is 2.39 bits per heavy atom. The third-order valence-corrected chi connectivity index (χ3v) is 3.31. The molecule has 0 unspecified atom stereocenters. The van der Waals surface area contributed by atoms with E-state index in [0.29, 0.717) is 5.56 Å². The van der Waals surface area contributed by atoms with Gasteiger partial charge in [0.25, 0.3) is 11.8 Å². The van der Waals surface area contributed by atoms with Gasteiger partial charge in [-0.2, -0.15) is 0 Å². The quantitative estimate of drug-likeness (QED) is 0.479. The van der Waals surface area contributed by atoms with Crippen LogP contribution in [0.3, 0.4) is 0 Å². The Balaban J connectivity index is 2.12. The van der Waals surface area contributed by atoms with Gasteiger partial charge in [0.05, 0.1) is 5.69 Å². The SMILES string of the molecule is C[C@@H](N)[C@H](NC(=O)c1ccc(-c2ccccn2)cc1)C(=O)NO. The summed E-state index contributed by atoms with van der Waals surface area (Å²) in [7, 11) is 0. The summed E-state index contributed by atoms with van der Waals surface area (Å²) >= 11 is 0. The summed E-state index contributed by atoms with van der Waals surface area (Å²) in [6, 6.07) is 10.7. The first kappa shape index (κ1) is 16.6. The first-order valence-corrected chi connectivity index (χ1v) is 7.05. The van der Waals surface area contributed by atoms with Crippen molar-refractivity contribution in [1.82, 2.24) is 15.8 Å². The fraction of sp³-hybridized carbons (Fsp3) is 0.188. The van der Waals surface area contributed by atoms with Gasteiger partial charge in [-0.3, -0.25) is 19.8 Å². The van der Waals surface area contributed by atoms with Crippen LogP contribution in [-0.2, 0) is 4.79 Å². The highest BCUT2D eigenvalue weighted by molar-refractivity contribution is 5.97. The maximum Gasteiger partial charge on any atom is 0.267 e. The standard InChI is InChI=1S/C16H18N4O3/c1-10(17)14(16(22)20-23)19-15(21)12-7-5-11(6-8-12)13-4-2-3-9-18-13/h2-10,14,23H,17H2,1H3,(H,19,21)(H,20,22)/t10-,14+/m1/s1. The van der Waals surface area contributed by atoms with Crippen molar-refractivity contribution in [1.29, 1.82) is 0 Å². The lowest BCUT2D eigenvalue weighted by molar-refractivity contribution is -0.131. The van der Waals surface area contributed by atoms with Gasteiger partial charge in [0.2, 0.25) is 0 Å². The topological polar surface area (TPSA) is 117 Å². The highest BCUT2D eigenvalue weighted by Crippen LogP contribution is 2.16. The average Bonchev–Trinajstić information content (AvgIpc) is 2.59. The summed E-state index contributed by atoms with van der Waals surface area (Å²) in [6.45, 7) is 1.56. The molecule has 0 spiro atoms. The number of aromatic nitrogens is 1. The van der Waals surface area contributed by atoms with Gasteiger partial charge >= 0.3 is 0 Å². The predicted molar refractivity (Wildman–Crippen MR) is 84.5 cm³/mol. The molecule has 0 aliphatic rings. The number of nitrogens with zero attached hydrogens (tertiary/aromatic N) is 1. The van der Waals surface area contributed by atoms with Crippen molar-refractivity contribution in [3.8, 4) is 11.3 Å². The summed E-state index contributed by atoms with van der Waals surface area (Å²) in [5.41, 5.74) is 9.19. The number of hydrogen-bond acceptors (Lipinski definition) is 5. The van der Waals surface area contributed by atoms with Crippen molar-refractivity contribution in [3.63, 3.8) is 0 Å². The molecule has 2 aromatic rings. The monoisotopic (exact) mass is 314 g/mol. The van der Waals surface area contributed by atoms with Crippen LogP contribution in [-0.4, -0.2) is 34.1 Å². The summed E-state index contributed by atoms with van der Waals surface area (Å²) in [4.78, 5) is 27.9. The van der Waals surface area contributed by atoms with Crippen molar-refractivity contribution in [2.24, 2.45) is 5.73 Å². The zero-order valence-electron chi connectivity index (χ0n) is 12.6. The third kappa shape index (κ3) is 4.12. The number of nitrogens with one attached hydrogen (secondary N) is 2. The Morgan fingerprint density at radius 2 is 1.87 bits per heavy atom. The van der Waals surface area contributed by atoms with E-state index in [1.54, 1.807) is 37.4 Å². The van der Waals surface area contributed by atoms with Crippen LogP contribution in [0.5, 0.6) is 0 Å². The molecule has 5 N–H and O–H groups in total. The number of benzene rings is 1. The minimum Gasteiger partial charge on any atom is -0.339 e. The van der Waals surface area contributed by atoms with Crippen LogP contribution >= 0.6 is 0 Å². The molecule has 0 fully saturated rings. The molecular weight excluding hydrogens is 296 g/mol. The van der Waals surface area contributed by atoms with Crippen LogP contribution in [0.25, 0.3) is 11.3 Å². The van der Waals surface area contributed by atoms with Gasteiger partial charge in [0, 0.05) is 23.4 Å². The minimum absolute atomic E-state index is 0.376. The van der Waals surface area contributed by atoms with Gasteiger partial charge in [0.1, 0.15) is 6.04 Å². The van der Waals surface area contributed by atoms with E-state index in [2.05, 4.69) is 10.3 Å². The average molecular weight is 314 g/mol. The predicted octanol–water partition coefficient (Wildman–Crippen LogP) is 0.700. The van der Waals surface area contributed by atoms with Gasteiger partial charge in [-0.15, -0.1) is 0 Å². The number of hydrogen-bond donors (Lipinski definition) is 4. The first-order valence-electron chi connectivity index (χ1n) is 7.05. The molecule has 1 aromatic heterocycles. The highest BCUT2D eigenvalue weighted by Gasteiger charge is 2.24. The van der Waals surface area contributed by atoms with Crippen LogP contribution in [0.4, 0.5) is 0 Å². The first-order chi connectivity index (χ1) is 11.0. The molecule has 120 valence electrons. The molecule has 0 aliphatic heterocycles. The zero-order valence-corrected chi connectivity index (χ0v) is 12.6. The fourth-order valence-corrected chi connectivity index (χ4v) is 2.06. The summed E-state index contributed by atoms with van der Waals surface area (Å²) in [5.74, 6) is -1.22. The number of pyridine rings is 1. The van der Waals surface area contributed by atoms with E-state index in [9.17, 15) is 9.59 Å². The lowest BCUT2D eigenvalue weighted by Crippen LogP contribution is -2.54. The van der Waals surface area contributed by atoms with Crippen LogP contribution in [0, 0.1) is 0 Å². The Morgan fingerprint density at radius 1 is 1.17 bits per heavy atom. The van der Waals surface area contributed by atoms with Crippen LogP contribution < -0.4 is 16.5 Å². The van der Waals surface area contributed by atoms with Gasteiger partial charge in [-0.05, 0) is 31.2 Å². The lowest BCUT2D eigenvalue weighted by atomic mass is 10.1. The van der Waals surface area contributed by atoms with Crippen LogP contribution in [0.15, 0.2) is 48.7 Å². The second kappa shape index (κ2) is 7.48. The van der Waals surface area contributed by atoms with Crippen molar-refractivity contribution < 1.29 is 14.8 Å². The zero-order chi connectivity index (χ0) is 16.8. The second-order valence-electron chi connectivity index (χ2n) is 5.08. The molecule has 23 heavy (non-hydrogen) atoms. The summed E-state index contributed by atoms with van der Waals surface area (Å²) in [5, 5.41) is 11.2. The maximum absolute atomic E-state index is 12.2. The molecule has 1 aromatic carbocycles. The molecule has 7 heteroatoms. The number of hydroxylamine groups is 1. The van der Waals surface area contributed by atoms with E-state index >= 15 is 0 Å². The van der Waals surface area contributed by atoms with Gasteiger partial charge in [-0.25, -0.2) is 5.48 Å². The largest absolute Gasteiger partial charge is 0.339 e. The molecule has 0 bridgehead atoms. The molecule has 2 amide bonds. The molecular formula is C16H18N4O3. The Bertz CT molecular complexity index is 671. The van der Waals surface area contributed by atoms with Gasteiger partial charge in [0.15, 0.2) is 0 Å². The smallest absolute Gasteiger partial charge is 0.267 e. The molecule has 0 saturated carbocycles. The Kier molecular flexibility index (Phi) is 5.40. The number of amides is 2. The van der Waals surface area contributed by atoms with Crippen molar-refractivity contribution in [3.05, 3.63) is 54.2 Å². The summed E-state index contributed by atoms with van der Waals surface area (Å²) in [6.07, 6.45) is 1.69. The van der Waals surface area contributed by atoms with Crippen molar-refractivity contribution in [2.45, 2.75) is 19.0 Å². The molecule has 2 atom stereocenters. The van der Waals surface area contributed by atoms with Crippen molar-refractivity contribution >= 4 is 11.8 Å². The Hall–Kier alpha value is -2.77. The number of carbonyl (C=O) groups is 2. The lowest BCUT2D eigenvalue weighted by Gasteiger charge is -2.20. The minimum atomic E-state index is -1.03. The number of rotatable bonds is 5. The maximum atomic E-state index is 12.2. The molecule has 0 radical (unpaired) electrons. The van der Waals surface area contributed by atoms with Crippen LogP contribution in [0.2, 0.25) is 0 Å². The van der Waals surface area contributed by atoms with Crippen LogP contribution in [0.1, 0.15) is 17.3 Å². The van der Waals surface area contributed by atoms with E-state index in [-0.39, 0.29) is 0 Å². The van der Waals surface area contributed by atoms with E-state index in [4.69, 9.17) is 10.9 Å². The fourth-order valence-electron chi connectivity index (χ4n) is 2.06. The highest BCUT2D eigenvalue weighted by atomic mass is 16.5. The Labute approximate surface area is 133 Å². The van der Waals surface area contributed by atoms with Crippen molar-refractivity contribution in [2.75, 3.05) is 0 Å². The molecule has 0 aliphatic carbocycles. The van der Waals surface area contributed by atoms with E-state index < -0.39 is 23.9 Å². The number of carbonyl (C=O) groups excluding carboxylic acids is 2.